The Bertz CT molecular complexity index is 1180. The lowest BCUT2D eigenvalue weighted by atomic mass is 10.0. The molecule has 2 aliphatic rings. The molecule has 3 aromatic rings. The number of hydrogen-bond donors (Lipinski definition) is 1. The molecule has 1 fully saturated rings. The minimum Gasteiger partial charge on any atom is -0.355 e. The summed E-state index contributed by atoms with van der Waals surface area (Å²) in [5.74, 6) is 0.0697. The van der Waals surface area contributed by atoms with Crippen molar-refractivity contribution in [1.29, 1.82) is 0 Å². The lowest BCUT2D eigenvalue weighted by molar-refractivity contribution is -0.137. The zero-order valence-corrected chi connectivity index (χ0v) is 18.9. The monoisotopic (exact) mass is 474 g/mol. The van der Waals surface area contributed by atoms with Crippen LogP contribution in [0.1, 0.15) is 41.5 Å². The van der Waals surface area contributed by atoms with E-state index in [1.807, 2.05) is 17.8 Å². The third kappa shape index (κ3) is 4.51. The lowest BCUT2D eigenvalue weighted by Crippen LogP contribution is -2.43. The van der Waals surface area contributed by atoms with Crippen LogP contribution in [0.15, 0.2) is 30.5 Å². The smallest absolute Gasteiger partial charge is 0.355 e. The average molecular weight is 475 g/mol. The summed E-state index contributed by atoms with van der Waals surface area (Å²) in [5.41, 5.74) is 3.72. The van der Waals surface area contributed by atoms with Crippen molar-refractivity contribution < 1.29 is 17.6 Å². The molecule has 180 valence electrons. The van der Waals surface area contributed by atoms with Crippen LogP contribution in [0.2, 0.25) is 0 Å². The molecule has 0 radical (unpaired) electrons. The molecule has 1 aromatic carbocycles. The number of anilines is 1. The number of halogens is 4. The number of alkyl halides is 3. The van der Waals surface area contributed by atoms with E-state index in [1.54, 1.807) is 6.20 Å². The second-order valence-corrected chi connectivity index (χ2v) is 9.01. The second kappa shape index (κ2) is 8.98. The Kier molecular flexibility index (Phi) is 6.01. The second-order valence-electron chi connectivity index (χ2n) is 9.01. The first-order valence-electron chi connectivity index (χ1n) is 11.5. The molecular formula is C24H26F4N6. The van der Waals surface area contributed by atoms with Crippen LogP contribution < -0.4 is 10.2 Å². The largest absolute Gasteiger partial charge is 0.416 e. The van der Waals surface area contributed by atoms with E-state index in [4.69, 9.17) is 0 Å². The number of aromatic nitrogens is 4. The standard InChI is InChI=1S/C24H26F4N6/c1-33-21(5-8-30-33)22-19-3-2-4-20(19)23(32-31-22)34-9-6-18(7-10-34)29-14-15-11-16(24(26,27)28)13-17(25)12-15/h5,8,11-13,18,29H,2-4,6-7,9-10,14H2,1H3. The maximum absolute atomic E-state index is 13.7. The number of fused-ring (bicyclic) bond motifs is 1. The SMILES string of the molecule is Cn1nccc1-c1nnc(N2CCC(NCc3cc(F)cc(C(F)(F)F)c3)CC2)c2c1CCC2. The van der Waals surface area contributed by atoms with E-state index in [0.29, 0.717) is 11.6 Å². The van der Waals surface area contributed by atoms with Crippen molar-refractivity contribution in [2.75, 3.05) is 18.0 Å². The highest BCUT2D eigenvalue weighted by molar-refractivity contribution is 5.66. The van der Waals surface area contributed by atoms with Gasteiger partial charge < -0.3 is 10.2 Å². The third-order valence-corrected chi connectivity index (χ3v) is 6.76. The maximum atomic E-state index is 13.7. The lowest BCUT2D eigenvalue weighted by Gasteiger charge is -2.34. The molecule has 0 saturated carbocycles. The number of nitrogens with zero attached hydrogens (tertiary/aromatic N) is 5. The van der Waals surface area contributed by atoms with Gasteiger partial charge in [-0.2, -0.15) is 18.3 Å². The Morgan fingerprint density at radius 2 is 1.82 bits per heavy atom. The number of benzene rings is 1. The predicted octanol–water partition coefficient (Wildman–Crippen LogP) is 4.28. The Labute approximate surface area is 195 Å². The van der Waals surface area contributed by atoms with Crippen molar-refractivity contribution >= 4 is 5.82 Å². The van der Waals surface area contributed by atoms with Crippen LogP contribution in [0.25, 0.3) is 11.4 Å². The summed E-state index contributed by atoms with van der Waals surface area (Å²) in [6.45, 7) is 1.75. The molecule has 1 aliphatic carbocycles. The van der Waals surface area contributed by atoms with Crippen LogP contribution in [0.3, 0.4) is 0 Å². The molecule has 3 heterocycles. The molecule has 34 heavy (non-hydrogen) atoms. The van der Waals surface area contributed by atoms with Crippen LogP contribution in [0, 0.1) is 5.82 Å². The Hall–Kier alpha value is -3.01. The van der Waals surface area contributed by atoms with Gasteiger partial charge in [-0.3, -0.25) is 4.68 Å². The fourth-order valence-corrected chi connectivity index (χ4v) is 5.01. The maximum Gasteiger partial charge on any atom is 0.416 e. The van der Waals surface area contributed by atoms with Crippen molar-refractivity contribution in [3.8, 4) is 11.4 Å². The van der Waals surface area contributed by atoms with Crippen LogP contribution in [-0.2, 0) is 32.6 Å². The van der Waals surface area contributed by atoms with E-state index < -0.39 is 17.6 Å². The molecule has 0 bridgehead atoms. The fraction of sp³-hybridized carbons (Fsp3) is 0.458. The van der Waals surface area contributed by atoms with Gasteiger partial charge >= 0.3 is 6.18 Å². The van der Waals surface area contributed by atoms with Gasteiger partial charge in [0, 0.05) is 44.5 Å². The summed E-state index contributed by atoms with van der Waals surface area (Å²) in [5, 5.41) is 16.7. The summed E-state index contributed by atoms with van der Waals surface area (Å²) in [4.78, 5) is 2.26. The van der Waals surface area contributed by atoms with E-state index in [9.17, 15) is 17.6 Å². The average Bonchev–Trinajstić information content (AvgIpc) is 3.46. The van der Waals surface area contributed by atoms with Gasteiger partial charge in [-0.1, -0.05) is 0 Å². The summed E-state index contributed by atoms with van der Waals surface area (Å²) < 4.78 is 54.3. The van der Waals surface area contributed by atoms with Crippen LogP contribution in [0.5, 0.6) is 0 Å². The van der Waals surface area contributed by atoms with Gasteiger partial charge in [-0.05, 0) is 67.5 Å². The normalized spacial score (nSPS) is 16.8. The molecule has 1 aliphatic heterocycles. The molecule has 6 nitrogen and oxygen atoms in total. The molecule has 0 unspecified atom stereocenters. The van der Waals surface area contributed by atoms with E-state index >= 15 is 0 Å². The van der Waals surface area contributed by atoms with Crippen molar-refractivity contribution in [1.82, 2.24) is 25.3 Å². The number of rotatable bonds is 5. The minimum atomic E-state index is -4.56. The van der Waals surface area contributed by atoms with E-state index in [2.05, 4.69) is 25.5 Å². The molecule has 0 spiro atoms. The Morgan fingerprint density at radius 3 is 2.53 bits per heavy atom. The first-order valence-corrected chi connectivity index (χ1v) is 11.5. The van der Waals surface area contributed by atoms with Gasteiger partial charge in [0.05, 0.1) is 11.3 Å². The number of aryl methyl sites for hydroxylation is 1. The highest BCUT2D eigenvalue weighted by Gasteiger charge is 2.32. The zero-order chi connectivity index (χ0) is 23.9. The number of hydrogen-bond acceptors (Lipinski definition) is 5. The highest BCUT2D eigenvalue weighted by atomic mass is 19.4. The topological polar surface area (TPSA) is 58.9 Å². The zero-order valence-electron chi connectivity index (χ0n) is 18.9. The summed E-state index contributed by atoms with van der Waals surface area (Å²) in [6, 6.07) is 4.79. The molecule has 0 atom stereocenters. The number of nitrogens with one attached hydrogen (secondary N) is 1. The Morgan fingerprint density at radius 1 is 1.06 bits per heavy atom. The van der Waals surface area contributed by atoms with E-state index in [-0.39, 0.29) is 12.6 Å². The quantitative estimate of drug-likeness (QED) is 0.560. The molecule has 2 aromatic heterocycles. The van der Waals surface area contributed by atoms with Crippen LogP contribution in [0.4, 0.5) is 23.4 Å². The van der Waals surface area contributed by atoms with E-state index in [1.165, 1.54) is 11.1 Å². The molecule has 5 rings (SSSR count). The molecule has 1 saturated heterocycles. The van der Waals surface area contributed by atoms with Crippen LogP contribution in [-0.4, -0.2) is 39.1 Å². The first kappa shape index (κ1) is 22.8. The van der Waals surface area contributed by atoms with Gasteiger partial charge in [0.15, 0.2) is 5.82 Å². The van der Waals surface area contributed by atoms with Gasteiger partial charge in [0.25, 0.3) is 0 Å². The van der Waals surface area contributed by atoms with Crippen molar-refractivity contribution in [3.63, 3.8) is 0 Å². The van der Waals surface area contributed by atoms with Gasteiger partial charge in [0.1, 0.15) is 11.5 Å². The molecular weight excluding hydrogens is 448 g/mol. The third-order valence-electron chi connectivity index (χ3n) is 6.76. The van der Waals surface area contributed by atoms with Crippen molar-refractivity contribution in [2.24, 2.45) is 7.05 Å². The molecule has 10 heteroatoms. The van der Waals surface area contributed by atoms with Gasteiger partial charge in [0.2, 0.25) is 0 Å². The summed E-state index contributed by atoms with van der Waals surface area (Å²) >= 11 is 0. The highest BCUT2D eigenvalue weighted by Crippen LogP contribution is 2.36. The summed E-state index contributed by atoms with van der Waals surface area (Å²) in [6.07, 6.45) is 1.87. The van der Waals surface area contributed by atoms with E-state index in [0.717, 1.165) is 74.5 Å². The first-order chi connectivity index (χ1) is 16.3. The molecule has 0 amide bonds. The predicted molar refractivity (Wildman–Crippen MR) is 120 cm³/mol. The van der Waals surface area contributed by atoms with Crippen molar-refractivity contribution in [2.45, 2.75) is 50.9 Å². The summed E-state index contributed by atoms with van der Waals surface area (Å²) in [7, 11) is 1.90. The minimum absolute atomic E-state index is 0.142. The van der Waals surface area contributed by atoms with Crippen LogP contribution >= 0.6 is 0 Å². The fourth-order valence-electron chi connectivity index (χ4n) is 5.01. The van der Waals surface area contributed by atoms with Gasteiger partial charge in [-0.25, -0.2) is 4.39 Å². The number of piperidine rings is 1. The Balaban J connectivity index is 1.24. The van der Waals surface area contributed by atoms with Gasteiger partial charge in [-0.15, -0.1) is 10.2 Å². The molecule has 1 N–H and O–H groups in total. The van der Waals surface area contributed by atoms with Crippen molar-refractivity contribution in [3.05, 3.63) is 58.5 Å².